The van der Waals surface area contributed by atoms with Crippen molar-refractivity contribution in [2.75, 3.05) is 0 Å². The van der Waals surface area contributed by atoms with Crippen LogP contribution in [-0.4, -0.2) is 15.0 Å². The monoisotopic (exact) mass is 258 g/mol. The predicted molar refractivity (Wildman–Crippen MR) is 67.4 cm³/mol. The van der Waals surface area contributed by atoms with E-state index in [0.717, 1.165) is 11.3 Å². The number of hydrogen-bond donors (Lipinski definition) is 1. The molecule has 0 aliphatic rings. The predicted octanol–water partition coefficient (Wildman–Crippen LogP) is 1.80. The van der Waals surface area contributed by atoms with Crippen LogP contribution in [0.2, 0.25) is 0 Å². The van der Waals surface area contributed by atoms with Gasteiger partial charge in [0.25, 0.3) is 5.56 Å². The third-order valence-electron chi connectivity index (χ3n) is 2.26. The zero-order valence-corrected chi connectivity index (χ0v) is 10.7. The quantitative estimate of drug-likeness (QED) is 0.830. The van der Waals surface area contributed by atoms with Crippen LogP contribution in [0.4, 0.5) is 0 Å². The average molecular weight is 258 g/mol. The highest BCUT2D eigenvalue weighted by Crippen LogP contribution is 2.27. The van der Waals surface area contributed by atoms with Crippen molar-refractivity contribution in [1.82, 2.24) is 15.0 Å². The molecule has 2 rings (SSSR count). The molecule has 0 amide bonds. The van der Waals surface area contributed by atoms with Crippen LogP contribution in [0.5, 0.6) is 0 Å². The summed E-state index contributed by atoms with van der Waals surface area (Å²) < 4.78 is 0. The Morgan fingerprint density at radius 2 is 2.22 bits per heavy atom. The third-order valence-corrected chi connectivity index (χ3v) is 3.15. The van der Waals surface area contributed by atoms with Crippen LogP contribution >= 0.6 is 11.8 Å². The fourth-order valence-corrected chi connectivity index (χ4v) is 2.45. The van der Waals surface area contributed by atoms with E-state index < -0.39 is 0 Å². The molecule has 0 aromatic carbocycles. The van der Waals surface area contributed by atoms with Crippen LogP contribution in [0.15, 0.2) is 33.3 Å². The molecule has 6 heteroatoms. The molecule has 0 aliphatic heterocycles. The van der Waals surface area contributed by atoms with Gasteiger partial charge in [0.1, 0.15) is 11.1 Å². The summed E-state index contributed by atoms with van der Waals surface area (Å²) in [5.41, 5.74) is 1.98. The Labute approximate surface area is 108 Å². The normalized spacial score (nSPS) is 10.1. The van der Waals surface area contributed by atoms with E-state index in [1.54, 1.807) is 0 Å². The van der Waals surface area contributed by atoms with Gasteiger partial charge in [0.2, 0.25) is 0 Å². The van der Waals surface area contributed by atoms with Gasteiger partial charge >= 0.3 is 0 Å². The number of aromatic nitrogens is 3. The number of nitriles is 1. The van der Waals surface area contributed by atoms with Gasteiger partial charge in [-0.15, -0.1) is 0 Å². The number of rotatable bonds is 2. The summed E-state index contributed by atoms with van der Waals surface area (Å²) in [6.45, 7) is 3.72. The lowest BCUT2D eigenvalue weighted by Crippen LogP contribution is -2.05. The molecule has 18 heavy (non-hydrogen) atoms. The van der Waals surface area contributed by atoms with E-state index >= 15 is 0 Å². The fraction of sp³-hybridized carbons (Fsp3) is 0.167. The number of pyridine rings is 1. The van der Waals surface area contributed by atoms with Gasteiger partial charge in [0, 0.05) is 18.0 Å². The minimum absolute atomic E-state index is 0.226. The van der Waals surface area contributed by atoms with Crippen LogP contribution in [0.3, 0.4) is 0 Å². The largest absolute Gasteiger partial charge is 0.301 e. The van der Waals surface area contributed by atoms with E-state index in [0.29, 0.717) is 15.7 Å². The smallest absolute Gasteiger partial charge is 0.251 e. The van der Waals surface area contributed by atoms with E-state index in [1.165, 1.54) is 24.0 Å². The van der Waals surface area contributed by atoms with Crippen molar-refractivity contribution in [1.29, 1.82) is 5.26 Å². The summed E-state index contributed by atoms with van der Waals surface area (Å²) in [5.74, 6) is 0. The van der Waals surface area contributed by atoms with Crippen molar-refractivity contribution in [2.45, 2.75) is 24.0 Å². The van der Waals surface area contributed by atoms with E-state index in [9.17, 15) is 4.79 Å². The molecular formula is C12H10N4OS. The molecular weight excluding hydrogens is 248 g/mol. The molecule has 0 bridgehead atoms. The summed E-state index contributed by atoms with van der Waals surface area (Å²) in [6.07, 6.45) is 1.43. The molecule has 90 valence electrons. The maximum absolute atomic E-state index is 11.2. The first kappa shape index (κ1) is 12.3. The average Bonchev–Trinajstić information content (AvgIpc) is 2.28. The first-order chi connectivity index (χ1) is 8.60. The van der Waals surface area contributed by atoms with E-state index in [1.807, 2.05) is 19.9 Å². The highest BCUT2D eigenvalue weighted by Gasteiger charge is 2.11. The number of aromatic amines is 1. The molecule has 2 heterocycles. The van der Waals surface area contributed by atoms with Gasteiger partial charge in [-0.1, -0.05) is 0 Å². The van der Waals surface area contributed by atoms with E-state index in [-0.39, 0.29) is 5.56 Å². The number of H-pyrrole nitrogens is 1. The summed E-state index contributed by atoms with van der Waals surface area (Å²) >= 11 is 1.18. The Kier molecular flexibility index (Phi) is 3.44. The highest BCUT2D eigenvalue weighted by molar-refractivity contribution is 7.99. The Hall–Kier alpha value is -2.13. The number of nitrogens with one attached hydrogen (secondary N) is 1. The number of aryl methyl sites for hydroxylation is 2. The standard InChI is InChI=1S/C12H10N4OS/c1-7-5-8(2)15-11(9(7)6-13)18-12-14-4-3-10(17)16-12/h3-5H,1-2H3,(H,14,16,17). The Balaban J connectivity index is 2.46. The molecule has 0 fully saturated rings. The lowest BCUT2D eigenvalue weighted by atomic mass is 10.1. The summed E-state index contributed by atoms with van der Waals surface area (Å²) in [4.78, 5) is 22.1. The van der Waals surface area contributed by atoms with Crippen LogP contribution < -0.4 is 5.56 Å². The summed E-state index contributed by atoms with van der Waals surface area (Å²) in [7, 11) is 0. The Morgan fingerprint density at radius 3 is 2.89 bits per heavy atom. The van der Waals surface area contributed by atoms with Gasteiger partial charge in [-0.2, -0.15) is 5.26 Å². The zero-order chi connectivity index (χ0) is 13.1. The van der Waals surface area contributed by atoms with Gasteiger partial charge in [-0.3, -0.25) is 4.79 Å². The van der Waals surface area contributed by atoms with Crippen molar-refractivity contribution in [3.05, 3.63) is 45.5 Å². The lowest BCUT2D eigenvalue weighted by molar-refractivity contribution is 0.927. The molecule has 0 spiro atoms. The van der Waals surface area contributed by atoms with Crippen molar-refractivity contribution in [3.63, 3.8) is 0 Å². The van der Waals surface area contributed by atoms with Gasteiger partial charge in [-0.05, 0) is 37.2 Å². The molecule has 2 aromatic heterocycles. The molecule has 0 saturated heterocycles. The first-order valence-electron chi connectivity index (χ1n) is 5.21. The fourth-order valence-electron chi connectivity index (χ4n) is 1.51. The Morgan fingerprint density at radius 1 is 1.44 bits per heavy atom. The van der Waals surface area contributed by atoms with E-state index in [4.69, 9.17) is 5.26 Å². The van der Waals surface area contributed by atoms with Crippen molar-refractivity contribution in [2.24, 2.45) is 0 Å². The molecule has 5 nitrogen and oxygen atoms in total. The maximum Gasteiger partial charge on any atom is 0.251 e. The molecule has 1 N–H and O–H groups in total. The number of nitrogens with zero attached hydrogens (tertiary/aromatic N) is 3. The van der Waals surface area contributed by atoms with Gasteiger partial charge < -0.3 is 4.98 Å². The second kappa shape index (κ2) is 5.02. The highest BCUT2D eigenvalue weighted by atomic mass is 32.2. The van der Waals surface area contributed by atoms with Gasteiger partial charge in [0.15, 0.2) is 5.16 Å². The number of hydrogen-bond acceptors (Lipinski definition) is 5. The summed E-state index contributed by atoms with van der Waals surface area (Å²) in [5, 5.41) is 10.1. The third kappa shape index (κ3) is 2.57. The molecule has 0 atom stereocenters. The minimum Gasteiger partial charge on any atom is -0.301 e. The summed E-state index contributed by atoms with van der Waals surface area (Å²) in [6, 6.07) is 5.31. The van der Waals surface area contributed by atoms with Crippen LogP contribution in [-0.2, 0) is 0 Å². The van der Waals surface area contributed by atoms with Crippen molar-refractivity contribution < 1.29 is 0 Å². The first-order valence-corrected chi connectivity index (χ1v) is 6.03. The Bertz CT molecular complexity index is 687. The molecule has 0 radical (unpaired) electrons. The van der Waals surface area contributed by atoms with Crippen LogP contribution in [0.1, 0.15) is 16.8 Å². The van der Waals surface area contributed by atoms with Gasteiger partial charge in [0.05, 0.1) is 5.56 Å². The second-order valence-electron chi connectivity index (χ2n) is 3.71. The second-order valence-corrected chi connectivity index (χ2v) is 4.69. The topological polar surface area (TPSA) is 82.4 Å². The zero-order valence-electron chi connectivity index (χ0n) is 9.89. The van der Waals surface area contributed by atoms with E-state index in [2.05, 4.69) is 21.0 Å². The van der Waals surface area contributed by atoms with Gasteiger partial charge in [-0.25, -0.2) is 9.97 Å². The van der Waals surface area contributed by atoms with Crippen molar-refractivity contribution in [3.8, 4) is 6.07 Å². The lowest BCUT2D eigenvalue weighted by Gasteiger charge is -2.06. The molecule has 0 aliphatic carbocycles. The van der Waals surface area contributed by atoms with Crippen LogP contribution in [0.25, 0.3) is 0 Å². The SMILES string of the molecule is Cc1cc(C)c(C#N)c(Sc2nccc(=O)[nH]2)n1. The maximum atomic E-state index is 11.2. The molecule has 0 unspecified atom stereocenters. The molecule has 2 aromatic rings. The van der Waals surface area contributed by atoms with Crippen molar-refractivity contribution >= 4 is 11.8 Å². The minimum atomic E-state index is -0.226. The molecule has 0 saturated carbocycles. The van der Waals surface area contributed by atoms with Crippen LogP contribution in [0, 0.1) is 25.2 Å².